The van der Waals surface area contributed by atoms with Crippen molar-refractivity contribution in [1.29, 1.82) is 0 Å². The topological polar surface area (TPSA) is 79.8 Å². The van der Waals surface area contributed by atoms with Crippen molar-refractivity contribution in [3.63, 3.8) is 0 Å². The van der Waals surface area contributed by atoms with Crippen LogP contribution in [0.5, 0.6) is 0 Å². The molecule has 1 amide bonds. The average molecular weight is 333 g/mol. The first-order valence-corrected chi connectivity index (χ1v) is 7.97. The number of carbonyl (C=O) groups excluding carboxylic acids is 1. The summed E-state index contributed by atoms with van der Waals surface area (Å²) in [6, 6.07) is 13.1. The molecule has 0 unspecified atom stereocenters. The Morgan fingerprint density at radius 1 is 1.04 bits per heavy atom. The molecule has 0 aliphatic heterocycles. The van der Waals surface area contributed by atoms with Gasteiger partial charge in [-0.25, -0.2) is 9.97 Å². The molecule has 0 atom stereocenters. The molecule has 6 heteroatoms. The first-order valence-electron chi connectivity index (χ1n) is 7.97. The molecule has 0 aliphatic rings. The van der Waals surface area contributed by atoms with Gasteiger partial charge < -0.3 is 10.6 Å². The number of rotatable bonds is 5. The van der Waals surface area contributed by atoms with E-state index in [0.29, 0.717) is 23.9 Å². The zero-order chi connectivity index (χ0) is 17.6. The van der Waals surface area contributed by atoms with Crippen molar-refractivity contribution in [3.8, 4) is 0 Å². The summed E-state index contributed by atoms with van der Waals surface area (Å²) in [5.74, 6) is 0.890. The summed E-state index contributed by atoms with van der Waals surface area (Å²) in [6.07, 6.45) is 3.48. The van der Waals surface area contributed by atoms with Crippen LogP contribution in [0.1, 0.15) is 27.4 Å². The molecule has 2 heterocycles. The molecule has 0 fully saturated rings. The van der Waals surface area contributed by atoms with Crippen LogP contribution < -0.4 is 10.6 Å². The SMILES string of the molecule is Cc1nc(NCc2ccncc2)cc(C(=O)Nc2ccccc2C)n1. The Morgan fingerprint density at radius 2 is 1.80 bits per heavy atom. The maximum Gasteiger partial charge on any atom is 0.274 e. The summed E-state index contributed by atoms with van der Waals surface area (Å²) in [7, 11) is 0. The van der Waals surface area contributed by atoms with Gasteiger partial charge in [-0.1, -0.05) is 18.2 Å². The van der Waals surface area contributed by atoms with Crippen LogP contribution in [0.15, 0.2) is 54.9 Å². The number of benzene rings is 1. The van der Waals surface area contributed by atoms with E-state index < -0.39 is 0 Å². The van der Waals surface area contributed by atoms with Gasteiger partial charge in [0.05, 0.1) is 0 Å². The highest BCUT2D eigenvalue weighted by Crippen LogP contribution is 2.15. The van der Waals surface area contributed by atoms with Gasteiger partial charge in [-0.15, -0.1) is 0 Å². The zero-order valence-electron chi connectivity index (χ0n) is 14.2. The largest absolute Gasteiger partial charge is 0.366 e. The lowest BCUT2D eigenvalue weighted by molar-refractivity contribution is 0.102. The summed E-state index contributed by atoms with van der Waals surface area (Å²) in [5, 5.41) is 6.10. The second-order valence-electron chi connectivity index (χ2n) is 5.66. The van der Waals surface area contributed by atoms with Crippen molar-refractivity contribution in [3.05, 3.63) is 77.5 Å². The number of nitrogens with one attached hydrogen (secondary N) is 2. The number of amides is 1. The number of carbonyl (C=O) groups is 1. The van der Waals surface area contributed by atoms with Crippen LogP contribution in [0.3, 0.4) is 0 Å². The first-order chi connectivity index (χ1) is 12.1. The maximum absolute atomic E-state index is 12.5. The lowest BCUT2D eigenvalue weighted by Crippen LogP contribution is -2.16. The van der Waals surface area contributed by atoms with Crippen molar-refractivity contribution in [1.82, 2.24) is 15.0 Å². The Kier molecular flexibility index (Phi) is 4.99. The van der Waals surface area contributed by atoms with Gasteiger partial charge in [-0.2, -0.15) is 0 Å². The molecule has 0 radical (unpaired) electrons. The number of nitrogens with zero attached hydrogens (tertiary/aromatic N) is 3. The number of anilines is 2. The monoisotopic (exact) mass is 333 g/mol. The Balaban J connectivity index is 1.74. The smallest absolute Gasteiger partial charge is 0.274 e. The Bertz CT molecular complexity index is 880. The summed E-state index contributed by atoms with van der Waals surface area (Å²) in [5.41, 5.74) is 3.18. The fraction of sp³-hybridized carbons (Fsp3) is 0.158. The summed E-state index contributed by atoms with van der Waals surface area (Å²) < 4.78 is 0. The number of hydrogen-bond donors (Lipinski definition) is 2. The van der Waals surface area contributed by atoms with Crippen molar-refractivity contribution >= 4 is 17.4 Å². The third-order valence-corrected chi connectivity index (χ3v) is 3.69. The van der Waals surface area contributed by atoms with E-state index >= 15 is 0 Å². The van der Waals surface area contributed by atoms with Crippen LogP contribution in [0.4, 0.5) is 11.5 Å². The number of hydrogen-bond acceptors (Lipinski definition) is 5. The van der Waals surface area contributed by atoms with Gasteiger partial charge in [0.15, 0.2) is 0 Å². The molecule has 126 valence electrons. The van der Waals surface area contributed by atoms with Crippen LogP contribution >= 0.6 is 0 Å². The molecule has 0 saturated heterocycles. The van der Waals surface area contributed by atoms with Gasteiger partial charge in [-0.05, 0) is 43.2 Å². The van der Waals surface area contributed by atoms with Gasteiger partial charge in [0, 0.05) is 30.7 Å². The zero-order valence-corrected chi connectivity index (χ0v) is 14.2. The van der Waals surface area contributed by atoms with E-state index in [1.807, 2.05) is 43.3 Å². The molecule has 2 aromatic heterocycles. The van der Waals surface area contributed by atoms with Gasteiger partial charge in [-0.3, -0.25) is 9.78 Å². The molecule has 2 N–H and O–H groups in total. The first kappa shape index (κ1) is 16.6. The number of aryl methyl sites for hydroxylation is 2. The van der Waals surface area contributed by atoms with E-state index in [1.165, 1.54) is 0 Å². The number of pyridine rings is 1. The molecule has 0 spiro atoms. The third-order valence-electron chi connectivity index (χ3n) is 3.69. The van der Waals surface area contributed by atoms with E-state index in [1.54, 1.807) is 25.4 Å². The molecule has 3 rings (SSSR count). The van der Waals surface area contributed by atoms with E-state index in [-0.39, 0.29) is 5.91 Å². The van der Waals surface area contributed by atoms with E-state index in [2.05, 4.69) is 25.6 Å². The second-order valence-corrected chi connectivity index (χ2v) is 5.66. The summed E-state index contributed by atoms with van der Waals surface area (Å²) in [6.45, 7) is 4.31. The lowest BCUT2D eigenvalue weighted by Gasteiger charge is -2.10. The van der Waals surface area contributed by atoms with E-state index in [0.717, 1.165) is 16.8 Å². The second kappa shape index (κ2) is 7.53. The molecular weight excluding hydrogens is 314 g/mol. The molecule has 0 aliphatic carbocycles. The number of aromatic nitrogens is 3. The van der Waals surface area contributed by atoms with Gasteiger partial charge in [0.2, 0.25) is 0 Å². The molecule has 25 heavy (non-hydrogen) atoms. The predicted molar refractivity (Wildman–Crippen MR) is 97.5 cm³/mol. The fourth-order valence-electron chi connectivity index (χ4n) is 2.37. The molecule has 6 nitrogen and oxygen atoms in total. The minimum Gasteiger partial charge on any atom is -0.366 e. The van der Waals surface area contributed by atoms with Gasteiger partial charge in [0.25, 0.3) is 5.91 Å². The normalized spacial score (nSPS) is 10.3. The van der Waals surface area contributed by atoms with Gasteiger partial charge in [0.1, 0.15) is 17.3 Å². The molecule has 0 bridgehead atoms. The molecule has 1 aromatic carbocycles. The van der Waals surface area contributed by atoms with Crippen LogP contribution in [0.2, 0.25) is 0 Å². The highest BCUT2D eigenvalue weighted by molar-refractivity contribution is 6.03. The van der Waals surface area contributed by atoms with Crippen molar-refractivity contribution < 1.29 is 4.79 Å². The minimum absolute atomic E-state index is 0.258. The predicted octanol–water partition coefficient (Wildman–Crippen LogP) is 3.35. The van der Waals surface area contributed by atoms with E-state index in [4.69, 9.17) is 0 Å². The van der Waals surface area contributed by atoms with Crippen molar-refractivity contribution in [2.75, 3.05) is 10.6 Å². The highest BCUT2D eigenvalue weighted by atomic mass is 16.1. The van der Waals surface area contributed by atoms with Crippen LogP contribution in [0.25, 0.3) is 0 Å². The quantitative estimate of drug-likeness (QED) is 0.748. The van der Waals surface area contributed by atoms with Crippen LogP contribution in [-0.4, -0.2) is 20.9 Å². The third kappa shape index (κ3) is 4.38. The minimum atomic E-state index is -0.258. The van der Waals surface area contributed by atoms with Crippen LogP contribution in [-0.2, 0) is 6.54 Å². The molecule has 0 saturated carbocycles. The van der Waals surface area contributed by atoms with Crippen LogP contribution in [0, 0.1) is 13.8 Å². The lowest BCUT2D eigenvalue weighted by atomic mass is 10.2. The van der Waals surface area contributed by atoms with Crippen molar-refractivity contribution in [2.45, 2.75) is 20.4 Å². The standard InChI is InChI=1S/C19H19N5O/c1-13-5-3-4-6-16(13)24-19(25)17-11-18(23-14(2)22-17)21-12-15-7-9-20-10-8-15/h3-11H,12H2,1-2H3,(H,24,25)(H,21,22,23). The van der Waals surface area contributed by atoms with E-state index in [9.17, 15) is 4.79 Å². The summed E-state index contributed by atoms with van der Waals surface area (Å²) in [4.78, 5) is 25.1. The maximum atomic E-state index is 12.5. The van der Waals surface area contributed by atoms with Crippen molar-refractivity contribution in [2.24, 2.45) is 0 Å². The Labute approximate surface area is 146 Å². The summed E-state index contributed by atoms with van der Waals surface area (Å²) >= 11 is 0. The fourth-order valence-corrected chi connectivity index (χ4v) is 2.37. The number of para-hydroxylation sites is 1. The average Bonchev–Trinajstić information content (AvgIpc) is 2.62. The molecule has 3 aromatic rings. The highest BCUT2D eigenvalue weighted by Gasteiger charge is 2.12. The van der Waals surface area contributed by atoms with Gasteiger partial charge >= 0.3 is 0 Å². The Hall–Kier alpha value is -3.28. The Morgan fingerprint density at radius 3 is 2.56 bits per heavy atom. The molecular formula is C19H19N5O.